The Labute approximate surface area is 189 Å². The van der Waals surface area contributed by atoms with Crippen LogP contribution in [0.1, 0.15) is 12.5 Å². The van der Waals surface area contributed by atoms with Gasteiger partial charge in [-0.25, -0.2) is 4.98 Å². The van der Waals surface area contributed by atoms with Gasteiger partial charge in [-0.2, -0.15) is 4.99 Å². The molecule has 156 valence electrons. The third-order valence-electron chi connectivity index (χ3n) is 4.77. The number of hydrogen-bond donors (Lipinski definition) is 0. The quantitative estimate of drug-likeness (QED) is 0.344. The Morgan fingerprint density at radius 3 is 2.77 bits per heavy atom. The summed E-state index contributed by atoms with van der Waals surface area (Å²) in [7, 11) is 1.63. The van der Waals surface area contributed by atoms with E-state index in [1.807, 2.05) is 66.9 Å². The van der Waals surface area contributed by atoms with Crippen molar-refractivity contribution in [3.05, 3.63) is 83.1 Å². The van der Waals surface area contributed by atoms with Crippen LogP contribution in [0.25, 0.3) is 16.8 Å². The average molecular weight is 448 g/mol. The van der Waals surface area contributed by atoms with E-state index in [-0.39, 0.29) is 5.91 Å². The van der Waals surface area contributed by atoms with Crippen molar-refractivity contribution in [1.82, 2.24) is 9.88 Å². The van der Waals surface area contributed by atoms with Gasteiger partial charge in [0.1, 0.15) is 5.75 Å². The predicted molar refractivity (Wildman–Crippen MR) is 130 cm³/mol. The molecule has 1 amide bonds. The molecular weight excluding hydrogens is 426 g/mol. The second-order valence-electron chi connectivity index (χ2n) is 6.77. The maximum absolute atomic E-state index is 13.2. The van der Waals surface area contributed by atoms with Gasteiger partial charge in [0.05, 0.1) is 17.7 Å². The van der Waals surface area contributed by atoms with Crippen LogP contribution in [-0.4, -0.2) is 34.6 Å². The molecule has 0 N–H and O–H groups in total. The third kappa shape index (κ3) is 4.47. The minimum absolute atomic E-state index is 0.0798. The van der Waals surface area contributed by atoms with Crippen LogP contribution in [0.2, 0.25) is 0 Å². The predicted octanol–water partition coefficient (Wildman–Crippen LogP) is 6.00. The molecule has 1 aromatic heterocycles. The van der Waals surface area contributed by atoms with Gasteiger partial charge in [0.25, 0.3) is 5.91 Å². The molecule has 1 aliphatic heterocycles. The molecule has 2 aromatic carbocycles. The summed E-state index contributed by atoms with van der Waals surface area (Å²) in [5.74, 6) is 0.671. The molecule has 0 bridgehead atoms. The molecule has 0 unspecified atom stereocenters. The van der Waals surface area contributed by atoms with Crippen LogP contribution in [0.3, 0.4) is 0 Å². The maximum Gasteiger partial charge on any atom is 0.267 e. The van der Waals surface area contributed by atoms with E-state index in [1.54, 1.807) is 18.1 Å². The Morgan fingerprint density at radius 1 is 1.23 bits per heavy atom. The molecule has 1 saturated heterocycles. The summed E-state index contributed by atoms with van der Waals surface area (Å²) in [5, 5.41) is 3.20. The first kappa shape index (κ1) is 21.1. The number of rotatable bonds is 6. The number of aromatic nitrogens is 1. The van der Waals surface area contributed by atoms with Crippen LogP contribution in [0.5, 0.6) is 5.75 Å². The third-order valence-corrected chi connectivity index (χ3v) is 6.69. The highest BCUT2D eigenvalue weighted by atomic mass is 32.2. The Morgan fingerprint density at radius 2 is 2.03 bits per heavy atom. The molecule has 0 radical (unpaired) electrons. The molecular formula is C24H21N3O2S2. The summed E-state index contributed by atoms with van der Waals surface area (Å²) in [4.78, 5) is 24.8. The van der Waals surface area contributed by atoms with Gasteiger partial charge in [0.15, 0.2) is 5.17 Å². The summed E-state index contributed by atoms with van der Waals surface area (Å²) in [6.07, 6.45) is 1.70. The molecule has 7 heteroatoms. The zero-order valence-corrected chi connectivity index (χ0v) is 18.9. The lowest BCUT2D eigenvalue weighted by molar-refractivity contribution is -0.121. The van der Waals surface area contributed by atoms with Crippen molar-refractivity contribution in [2.24, 2.45) is 4.99 Å². The van der Waals surface area contributed by atoms with E-state index in [0.29, 0.717) is 21.7 Å². The Balaban J connectivity index is 1.68. The molecule has 0 atom stereocenters. The average Bonchev–Trinajstić information content (AvgIpc) is 3.40. The number of amidine groups is 1. The van der Waals surface area contributed by atoms with Gasteiger partial charge in [-0.05, 0) is 42.0 Å². The maximum atomic E-state index is 13.2. The molecule has 1 fully saturated rings. The van der Waals surface area contributed by atoms with E-state index in [4.69, 9.17) is 9.73 Å². The summed E-state index contributed by atoms with van der Waals surface area (Å²) < 4.78 is 5.32. The molecule has 3 aromatic rings. The standard InChI is InChI=1S/C24H21N3O2S2/c1-4-13-27-22(28)21(16(2)18-11-8-12-19(14-18)29-3)31-24(27)26-23-25-20(15-30-23)17-9-6-5-7-10-17/h4-12,14-15H,1,13H2,2-3H3/b21-16-,26-24+. The Hall–Kier alpha value is -3.16. The van der Waals surface area contributed by atoms with Crippen molar-refractivity contribution in [1.29, 1.82) is 0 Å². The van der Waals surface area contributed by atoms with Gasteiger partial charge in [0.2, 0.25) is 5.13 Å². The highest BCUT2D eigenvalue weighted by Gasteiger charge is 2.34. The topological polar surface area (TPSA) is 54.8 Å². The Bertz CT molecular complexity index is 1180. The lowest BCUT2D eigenvalue weighted by atomic mass is 10.1. The van der Waals surface area contributed by atoms with Crippen molar-refractivity contribution >= 4 is 44.9 Å². The molecule has 31 heavy (non-hydrogen) atoms. The molecule has 2 heterocycles. The van der Waals surface area contributed by atoms with Crippen LogP contribution in [0.15, 0.2) is 82.5 Å². The Kier molecular flexibility index (Phi) is 6.34. The molecule has 0 spiro atoms. The zero-order chi connectivity index (χ0) is 21.8. The number of hydrogen-bond acceptors (Lipinski definition) is 6. The number of carbonyl (C=O) groups excluding carboxylic acids is 1. The SMILES string of the molecule is C=CCN1C(=O)/C(=C(\C)c2cccc(OC)c2)S/C1=N/c1nc(-c2ccccc2)cs1. The summed E-state index contributed by atoms with van der Waals surface area (Å²) >= 11 is 2.82. The second-order valence-corrected chi connectivity index (χ2v) is 8.58. The first-order chi connectivity index (χ1) is 15.1. The highest BCUT2D eigenvalue weighted by Crippen LogP contribution is 2.39. The van der Waals surface area contributed by atoms with Crippen molar-refractivity contribution in [2.75, 3.05) is 13.7 Å². The van der Waals surface area contributed by atoms with E-state index in [2.05, 4.69) is 11.6 Å². The van der Waals surface area contributed by atoms with Crippen LogP contribution >= 0.6 is 23.1 Å². The number of thiazole rings is 1. The van der Waals surface area contributed by atoms with Gasteiger partial charge in [-0.15, -0.1) is 17.9 Å². The molecule has 0 aliphatic carbocycles. The van der Waals surface area contributed by atoms with E-state index in [0.717, 1.165) is 28.1 Å². The smallest absolute Gasteiger partial charge is 0.267 e. The lowest BCUT2D eigenvalue weighted by Crippen LogP contribution is -2.29. The summed E-state index contributed by atoms with van der Waals surface area (Å²) in [6.45, 7) is 6.12. The van der Waals surface area contributed by atoms with Crippen molar-refractivity contribution < 1.29 is 9.53 Å². The minimum Gasteiger partial charge on any atom is -0.497 e. The van der Waals surface area contributed by atoms with Crippen LogP contribution in [-0.2, 0) is 4.79 Å². The van der Waals surface area contributed by atoms with Crippen molar-refractivity contribution in [2.45, 2.75) is 6.92 Å². The first-order valence-corrected chi connectivity index (χ1v) is 11.4. The highest BCUT2D eigenvalue weighted by molar-refractivity contribution is 8.18. The van der Waals surface area contributed by atoms with Gasteiger partial charge >= 0.3 is 0 Å². The molecule has 0 saturated carbocycles. The van der Waals surface area contributed by atoms with Gasteiger partial charge in [-0.1, -0.05) is 48.5 Å². The van der Waals surface area contributed by atoms with E-state index in [9.17, 15) is 4.79 Å². The van der Waals surface area contributed by atoms with Crippen LogP contribution in [0, 0.1) is 0 Å². The number of amides is 1. The minimum atomic E-state index is -0.0798. The number of aliphatic imine (C=N–C) groups is 1. The number of methoxy groups -OCH3 is 1. The van der Waals surface area contributed by atoms with Crippen molar-refractivity contribution in [3.63, 3.8) is 0 Å². The van der Waals surface area contributed by atoms with Gasteiger partial charge in [0, 0.05) is 17.5 Å². The lowest BCUT2D eigenvalue weighted by Gasteiger charge is -2.12. The van der Waals surface area contributed by atoms with Gasteiger partial charge in [-0.3, -0.25) is 9.69 Å². The molecule has 4 rings (SSSR count). The zero-order valence-electron chi connectivity index (χ0n) is 17.2. The van der Waals surface area contributed by atoms with E-state index in [1.165, 1.54) is 23.1 Å². The fourth-order valence-corrected chi connectivity index (χ4v) is 4.94. The second kappa shape index (κ2) is 9.32. The molecule has 1 aliphatic rings. The van der Waals surface area contributed by atoms with Crippen LogP contribution < -0.4 is 4.74 Å². The normalized spacial score (nSPS) is 16.6. The number of nitrogens with zero attached hydrogens (tertiary/aromatic N) is 3. The number of thioether (sulfide) groups is 1. The fraction of sp³-hybridized carbons (Fsp3) is 0.125. The first-order valence-electron chi connectivity index (χ1n) is 9.66. The van der Waals surface area contributed by atoms with Crippen LogP contribution in [0.4, 0.5) is 5.13 Å². The van der Waals surface area contributed by atoms with E-state index < -0.39 is 0 Å². The van der Waals surface area contributed by atoms with Gasteiger partial charge < -0.3 is 4.74 Å². The largest absolute Gasteiger partial charge is 0.497 e. The number of benzene rings is 2. The van der Waals surface area contributed by atoms with E-state index >= 15 is 0 Å². The number of ether oxygens (including phenoxy) is 1. The number of allylic oxidation sites excluding steroid dienone is 1. The fourth-order valence-electron chi connectivity index (χ4n) is 3.14. The summed E-state index contributed by atoms with van der Waals surface area (Å²) in [6, 6.07) is 17.7. The number of carbonyl (C=O) groups is 1. The monoisotopic (exact) mass is 447 g/mol. The summed E-state index contributed by atoms with van der Waals surface area (Å²) in [5.41, 5.74) is 3.74. The molecule has 5 nitrogen and oxygen atoms in total. The van der Waals surface area contributed by atoms with Crippen molar-refractivity contribution in [3.8, 4) is 17.0 Å².